The summed E-state index contributed by atoms with van der Waals surface area (Å²) in [5.74, 6) is -2.39. The van der Waals surface area contributed by atoms with Crippen molar-refractivity contribution in [2.75, 3.05) is 6.54 Å². The molecule has 0 saturated carbocycles. The van der Waals surface area contributed by atoms with Gasteiger partial charge in [0.15, 0.2) is 12.2 Å². The van der Waals surface area contributed by atoms with Crippen LogP contribution in [0.3, 0.4) is 0 Å². The average molecular weight is 613 g/mol. The number of benzene rings is 3. The smallest absolute Gasteiger partial charge is 0.309 e. The number of amides is 2. The van der Waals surface area contributed by atoms with Crippen LogP contribution in [-0.4, -0.2) is 51.6 Å². The van der Waals surface area contributed by atoms with Crippen molar-refractivity contribution in [3.63, 3.8) is 0 Å². The quantitative estimate of drug-likeness (QED) is 0.216. The van der Waals surface area contributed by atoms with E-state index < -0.39 is 36.0 Å². The van der Waals surface area contributed by atoms with Gasteiger partial charge < -0.3 is 25.2 Å². The lowest BCUT2D eigenvalue weighted by molar-refractivity contribution is -0.161. The van der Waals surface area contributed by atoms with E-state index in [4.69, 9.17) is 4.74 Å². The highest BCUT2D eigenvalue weighted by molar-refractivity contribution is 7.10. The van der Waals surface area contributed by atoms with Crippen LogP contribution < -0.4 is 5.32 Å². The maximum Gasteiger partial charge on any atom is 0.309 e. The summed E-state index contributed by atoms with van der Waals surface area (Å²) < 4.78 is 5.58. The van der Waals surface area contributed by atoms with Crippen LogP contribution in [-0.2, 0) is 38.7 Å². The minimum absolute atomic E-state index is 0.158. The van der Waals surface area contributed by atoms with Crippen LogP contribution in [0.5, 0.6) is 0 Å². The number of rotatable bonds is 11. The van der Waals surface area contributed by atoms with Crippen molar-refractivity contribution < 1.29 is 29.3 Å². The molecule has 2 heterocycles. The number of esters is 1. The normalized spacial score (nSPS) is 17.8. The number of likely N-dealkylation sites (tertiary alicyclic amines) is 1. The number of thiophene rings is 1. The molecule has 0 aliphatic carbocycles. The zero-order valence-electron chi connectivity index (χ0n) is 24.2. The number of ether oxygens (including phenoxy) is 1. The molecule has 1 aromatic heterocycles. The molecular formula is C35H36N2O6S. The van der Waals surface area contributed by atoms with Crippen molar-refractivity contribution in [3.05, 3.63) is 130 Å². The van der Waals surface area contributed by atoms with Gasteiger partial charge in [0.05, 0.1) is 12.0 Å². The van der Waals surface area contributed by atoms with Gasteiger partial charge in [-0.05, 0) is 46.5 Å². The Kier molecular flexibility index (Phi) is 10.6. The zero-order chi connectivity index (χ0) is 30.9. The van der Waals surface area contributed by atoms with E-state index in [0.717, 1.165) is 28.0 Å². The third-order valence-electron chi connectivity index (χ3n) is 7.84. The summed E-state index contributed by atoms with van der Waals surface area (Å²) in [4.78, 5) is 41.8. The minimum Gasteiger partial charge on any atom is -0.461 e. The van der Waals surface area contributed by atoms with Crippen LogP contribution in [0, 0.1) is 5.92 Å². The summed E-state index contributed by atoms with van der Waals surface area (Å²) in [5.41, 5.74) is 3.72. The molecule has 9 heteroatoms. The summed E-state index contributed by atoms with van der Waals surface area (Å²) >= 11 is 1.58. The van der Waals surface area contributed by atoms with Gasteiger partial charge in [-0.1, -0.05) is 91.0 Å². The molecule has 228 valence electrons. The van der Waals surface area contributed by atoms with Crippen molar-refractivity contribution in [1.82, 2.24) is 10.2 Å². The van der Waals surface area contributed by atoms with Crippen molar-refractivity contribution in [2.24, 2.45) is 5.92 Å². The van der Waals surface area contributed by atoms with Crippen LogP contribution in [0.2, 0.25) is 0 Å². The van der Waals surface area contributed by atoms with Crippen LogP contribution >= 0.6 is 11.3 Å². The largest absolute Gasteiger partial charge is 0.461 e. The van der Waals surface area contributed by atoms with E-state index in [0.29, 0.717) is 12.8 Å². The van der Waals surface area contributed by atoms with Gasteiger partial charge in [0, 0.05) is 24.4 Å². The van der Waals surface area contributed by atoms with Gasteiger partial charge >= 0.3 is 5.97 Å². The fourth-order valence-corrected chi connectivity index (χ4v) is 6.36. The summed E-state index contributed by atoms with van der Waals surface area (Å²) in [6, 6.07) is 30.2. The fraction of sp³-hybridized carbons (Fsp3) is 0.286. The first kappa shape index (κ1) is 31.1. The van der Waals surface area contributed by atoms with Crippen molar-refractivity contribution in [2.45, 2.75) is 50.7 Å². The van der Waals surface area contributed by atoms with Gasteiger partial charge in [-0.15, -0.1) is 11.3 Å². The van der Waals surface area contributed by atoms with Crippen LogP contribution in [0.4, 0.5) is 0 Å². The molecule has 1 fully saturated rings. The second-order valence-corrected chi connectivity index (χ2v) is 12.0. The van der Waals surface area contributed by atoms with Gasteiger partial charge in [-0.25, -0.2) is 0 Å². The van der Waals surface area contributed by atoms with E-state index in [2.05, 4.69) is 17.4 Å². The average Bonchev–Trinajstić information content (AvgIpc) is 3.53. The third kappa shape index (κ3) is 7.99. The topological polar surface area (TPSA) is 116 Å². The second kappa shape index (κ2) is 14.9. The highest BCUT2D eigenvalue weighted by atomic mass is 32.1. The molecule has 8 nitrogen and oxygen atoms in total. The lowest BCUT2D eigenvalue weighted by Gasteiger charge is -2.40. The van der Waals surface area contributed by atoms with Crippen LogP contribution in [0.25, 0.3) is 0 Å². The first-order valence-corrected chi connectivity index (χ1v) is 15.6. The Hall–Kier alpha value is -4.31. The van der Waals surface area contributed by atoms with Gasteiger partial charge in [-0.3, -0.25) is 14.4 Å². The summed E-state index contributed by atoms with van der Waals surface area (Å²) in [6.45, 7) is 0.480. The Morgan fingerprint density at radius 3 is 2.18 bits per heavy atom. The highest BCUT2D eigenvalue weighted by Crippen LogP contribution is 2.35. The molecule has 3 N–H and O–H groups in total. The Bertz CT molecular complexity index is 1530. The molecule has 0 radical (unpaired) electrons. The third-order valence-corrected chi connectivity index (χ3v) is 8.83. The number of carbonyl (C=O) groups is 3. The van der Waals surface area contributed by atoms with Gasteiger partial charge in [0.25, 0.3) is 11.8 Å². The van der Waals surface area contributed by atoms with Crippen LogP contribution in [0.1, 0.15) is 46.0 Å². The Morgan fingerprint density at radius 2 is 1.50 bits per heavy atom. The molecule has 1 aliphatic rings. The molecule has 1 saturated heterocycles. The number of nitrogens with zero attached hydrogens (tertiary/aromatic N) is 1. The lowest BCUT2D eigenvalue weighted by Crippen LogP contribution is -2.53. The summed E-state index contributed by atoms with van der Waals surface area (Å²) in [7, 11) is 0. The van der Waals surface area contributed by atoms with Crippen molar-refractivity contribution in [1.29, 1.82) is 0 Å². The first-order chi connectivity index (χ1) is 21.4. The Morgan fingerprint density at radius 1 is 0.864 bits per heavy atom. The zero-order valence-corrected chi connectivity index (χ0v) is 25.1. The monoisotopic (exact) mass is 612 g/mol. The molecular weight excluding hydrogens is 576 g/mol. The predicted molar refractivity (Wildman–Crippen MR) is 167 cm³/mol. The number of aliphatic hydroxyl groups excluding tert-OH is 2. The van der Waals surface area contributed by atoms with Crippen LogP contribution in [0.15, 0.2) is 102 Å². The number of aliphatic hydroxyl groups is 2. The molecule has 4 aromatic rings. The first-order valence-electron chi connectivity index (χ1n) is 14.7. The Balaban J connectivity index is 1.18. The number of carbonyl (C=O) groups excluding carboxylic acids is 3. The molecule has 1 aliphatic heterocycles. The minimum atomic E-state index is -1.96. The van der Waals surface area contributed by atoms with E-state index >= 15 is 0 Å². The van der Waals surface area contributed by atoms with E-state index in [1.165, 1.54) is 10.5 Å². The lowest BCUT2D eigenvalue weighted by atomic mass is 9.86. The molecule has 0 bridgehead atoms. The number of nitrogens with one attached hydrogen (secondary N) is 1. The van der Waals surface area contributed by atoms with Crippen molar-refractivity contribution in [3.8, 4) is 0 Å². The summed E-state index contributed by atoms with van der Waals surface area (Å²) in [5, 5.41) is 26.1. The predicted octanol–water partition coefficient (Wildman–Crippen LogP) is 4.40. The second-order valence-electron chi connectivity index (χ2n) is 11.0. The maximum atomic E-state index is 13.5. The van der Waals surface area contributed by atoms with Gasteiger partial charge in [0.1, 0.15) is 6.61 Å². The van der Waals surface area contributed by atoms with E-state index in [-0.39, 0.29) is 25.7 Å². The molecule has 2 amide bonds. The number of piperidine rings is 1. The molecule has 4 atom stereocenters. The molecule has 3 aromatic carbocycles. The highest BCUT2D eigenvalue weighted by Gasteiger charge is 2.41. The van der Waals surface area contributed by atoms with Gasteiger partial charge in [0.2, 0.25) is 0 Å². The van der Waals surface area contributed by atoms with Crippen molar-refractivity contribution >= 4 is 29.1 Å². The van der Waals surface area contributed by atoms with E-state index in [1.54, 1.807) is 11.3 Å². The van der Waals surface area contributed by atoms with Gasteiger partial charge in [-0.2, -0.15) is 0 Å². The number of hydrogen-bond acceptors (Lipinski definition) is 7. The molecule has 44 heavy (non-hydrogen) atoms. The number of hydrogen-bond donors (Lipinski definition) is 3. The van der Waals surface area contributed by atoms with E-state index in [1.807, 2.05) is 90.3 Å². The fourth-order valence-electron chi connectivity index (χ4n) is 5.43. The molecule has 5 rings (SSSR count). The molecule has 0 spiro atoms. The Labute approximate surface area is 260 Å². The maximum absolute atomic E-state index is 13.5. The standard InChI is InChI=1S/C35H36N2O6S/c38-31(33(40)36-21-26-19-29(44-23-26)18-24-10-4-1-5-11-24)32(39)34(41)37-17-16-28(20-30(37)27-14-8-3-9-15-27)35(42)43-22-25-12-6-2-7-13-25/h1-15,19,23,28,30-32,38-39H,16-18,20-22H2,(H,36,40)/t28?,30-,31-,32-/m1/s1. The molecule has 1 unspecified atom stereocenters. The SMILES string of the molecule is O=C(OCc1ccccc1)C1CCN(C(=O)[C@H](O)[C@@H](O)C(=O)NCc2csc(Cc3ccccc3)c2)[C@@H](c2ccccc2)C1. The van der Waals surface area contributed by atoms with E-state index in [9.17, 15) is 24.6 Å². The summed E-state index contributed by atoms with van der Waals surface area (Å²) in [6.07, 6.45) is -2.50.